The van der Waals surface area contributed by atoms with E-state index in [-0.39, 0.29) is 30.3 Å². The quantitative estimate of drug-likeness (QED) is 0.371. The summed E-state index contributed by atoms with van der Waals surface area (Å²) in [5.74, 6) is -0.201. The first kappa shape index (κ1) is 31.1. The summed E-state index contributed by atoms with van der Waals surface area (Å²) in [6.45, 7) is 4.75. The average Bonchev–Trinajstić information content (AvgIpc) is 3.37. The van der Waals surface area contributed by atoms with Gasteiger partial charge in [-0.15, -0.1) is 0 Å². The Morgan fingerprint density at radius 1 is 1.12 bits per heavy atom. The highest BCUT2D eigenvalue weighted by atomic mass is 35.5. The lowest BCUT2D eigenvalue weighted by Crippen LogP contribution is -2.56. The van der Waals surface area contributed by atoms with E-state index in [1.54, 1.807) is 30.0 Å². The second kappa shape index (κ2) is 13.4. The predicted molar refractivity (Wildman–Crippen MR) is 154 cm³/mol. The van der Waals surface area contributed by atoms with E-state index >= 15 is 0 Å². The molecule has 2 N–H and O–H groups in total. The largest absolute Gasteiger partial charge is 0.416 e. The number of amides is 3. The first-order valence-electron chi connectivity index (χ1n) is 13.5. The molecular weight excluding hydrogens is 582 g/mol. The lowest BCUT2D eigenvalue weighted by Gasteiger charge is -2.40. The molecule has 0 saturated carbocycles. The molecule has 2 aliphatic rings. The second-order valence-corrected chi connectivity index (χ2v) is 10.8. The van der Waals surface area contributed by atoms with E-state index in [9.17, 15) is 22.8 Å². The molecule has 0 radical (unpaired) electrons. The normalized spacial score (nSPS) is 16.7. The van der Waals surface area contributed by atoms with Crippen molar-refractivity contribution in [3.63, 3.8) is 0 Å². The van der Waals surface area contributed by atoms with Gasteiger partial charge in [-0.25, -0.2) is 4.79 Å². The molecule has 8 nitrogen and oxygen atoms in total. The molecule has 2 saturated heterocycles. The van der Waals surface area contributed by atoms with Crippen LogP contribution in [0, 0.1) is 0 Å². The van der Waals surface area contributed by atoms with Gasteiger partial charge in [0.2, 0.25) is 5.91 Å². The highest BCUT2D eigenvalue weighted by Gasteiger charge is 2.38. The van der Waals surface area contributed by atoms with Crippen LogP contribution in [-0.4, -0.2) is 87.3 Å². The van der Waals surface area contributed by atoms with Gasteiger partial charge in [0, 0.05) is 69.4 Å². The third-order valence-electron chi connectivity index (χ3n) is 7.47. The van der Waals surface area contributed by atoms with Crippen LogP contribution in [0.1, 0.15) is 23.6 Å². The van der Waals surface area contributed by atoms with Crippen molar-refractivity contribution in [1.82, 2.24) is 15.1 Å². The summed E-state index contributed by atoms with van der Waals surface area (Å²) >= 11 is 12.4. The van der Waals surface area contributed by atoms with Gasteiger partial charge < -0.3 is 30.1 Å². The third-order valence-corrected chi connectivity index (χ3v) is 8.06. The SMILES string of the molecule is CCc1c(C(F)(F)F)ccc(N2CCN(C(=O)C(Cc3ccc(Cl)cc3Cl)N3CCNC3=O)CC2)c1NCCOC. The number of alkyl halides is 3. The maximum Gasteiger partial charge on any atom is 0.416 e. The molecule has 2 aromatic rings. The van der Waals surface area contributed by atoms with Gasteiger partial charge >= 0.3 is 12.2 Å². The fourth-order valence-corrected chi connectivity index (χ4v) is 5.88. The predicted octanol–water partition coefficient (Wildman–Crippen LogP) is 4.92. The standard InChI is InChI=1S/C28H34Cl2F3N5O3/c1-3-20-21(28(31,32)33)6-7-23(25(20)34-9-15-41-2)36-11-13-37(14-12-36)26(39)24(38-10-8-35-27(38)40)16-18-4-5-19(29)17-22(18)30/h4-7,17,24,34H,3,8-16H2,1-2H3,(H,35,40). The van der Waals surface area contributed by atoms with Gasteiger partial charge in [-0.05, 0) is 41.8 Å². The molecule has 2 heterocycles. The van der Waals surface area contributed by atoms with Gasteiger partial charge in [0.15, 0.2) is 0 Å². The zero-order valence-electron chi connectivity index (χ0n) is 23.0. The topological polar surface area (TPSA) is 77.2 Å². The van der Waals surface area contributed by atoms with Crippen molar-refractivity contribution in [3.8, 4) is 0 Å². The minimum absolute atomic E-state index is 0.198. The van der Waals surface area contributed by atoms with Gasteiger partial charge in [-0.2, -0.15) is 13.2 Å². The van der Waals surface area contributed by atoms with Gasteiger partial charge in [-0.3, -0.25) is 4.79 Å². The molecule has 4 rings (SSSR count). The lowest BCUT2D eigenvalue weighted by atomic mass is 9.99. The summed E-state index contributed by atoms with van der Waals surface area (Å²) in [7, 11) is 1.53. The number of hydrogen-bond acceptors (Lipinski definition) is 5. The highest BCUT2D eigenvalue weighted by Crippen LogP contribution is 2.40. The number of rotatable bonds is 10. The van der Waals surface area contributed by atoms with Crippen LogP contribution in [0.5, 0.6) is 0 Å². The number of benzene rings is 2. The van der Waals surface area contributed by atoms with Gasteiger partial charge in [0.05, 0.1) is 23.5 Å². The first-order valence-corrected chi connectivity index (χ1v) is 14.3. The summed E-state index contributed by atoms with van der Waals surface area (Å²) in [4.78, 5) is 31.6. The first-order chi connectivity index (χ1) is 19.5. The molecule has 0 bridgehead atoms. The van der Waals surface area contributed by atoms with Crippen LogP contribution < -0.4 is 15.5 Å². The molecule has 13 heteroatoms. The van der Waals surface area contributed by atoms with E-state index < -0.39 is 17.8 Å². The van der Waals surface area contributed by atoms with Crippen LogP contribution in [0.3, 0.4) is 0 Å². The fourth-order valence-electron chi connectivity index (χ4n) is 5.40. The molecule has 1 unspecified atom stereocenters. The monoisotopic (exact) mass is 615 g/mol. The van der Waals surface area contributed by atoms with E-state index in [0.717, 1.165) is 6.07 Å². The minimum atomic E-state index is -4.48. The van der Waals surface area contributed by atoms with E-state index in [4.69, 9.17) is 27.9 Å². The minimum Gasteiger partial charge on any atom is -0.383 e. The van der Waals surface area contributed by atoms with E-state index in [2.05, 4.69) is 10.6 Å². The molecule has 0 aliphatic carbocycles. The zero-order chi connectivity index (χ0) is 29.7. The van der Waals surface area contributed by atoms with Crippen molar-refractivity contribution >= 4 is 46.5 Å². The summed E-state index contributed by atoms with van der Waals surface area (Å²) in [6.07, 6.45) is -4.05. The van der Waals surface area contributed by atoms with Crippen molar-refractivity contribution in [2.45, 2.75) is 32.0 Å². The number of urea groups is 1. The number of piperazine rings is 1. The van der Waals surface area contributed by atoms with E-state index in [1.165, 1.54) is 18.1 Å². The Morgan fingerprint density at radius 2 is 1.85 bits per heavy atom. The summed E-state index contributed by atoms with van der Waals surface area (Å²) in [5, 5.41) is 6.80. The van der Waals surface area contributed by atoms with E-state index in [0.29, 0.717) is 79.4 Å². The third kappa shape index (κ3) is 7.13. The molecule has 1 atom stereocenters. The smallest absolute Gasteiger partial charge is 0.383 e. The number of hydrogen-bond donors (Lipinski definition) is 2. The number of halogens is 5. The van der Waals surface area contributed by atoms with Gasteiger partial charge in [0.1, 0.15) is 6.04 Å². The second-order valence-electron chi connectivity index (χ2n) is 9.95. The van der Waals surface area contributed by atoms with Crippen molar-refractivity contribution in [3.05, 3.63) is 57.1 Å². The van der Waals surface area contributed by atoms with Gasteiger partial charge in [0.25, 0.3) is 0 Å². The lowest BCUT2D eigenvalue weighted by molar-refractivity contribution is -0.138. The number of nitrogens with zero attached hydrogens (tertiary/aromatic N) is 3. The van der Waals surface area contributed by atoms with Crippen LogP contribution in [0.2, 0.25) is 10.0 Å². The Labute approximate surface area is 247 Å². The van der Waals surface area contributed by atoms with Crippen LogP contribution in [0.25, 0.3) is 0 Å². The van der Waals surface area contributed by atoms with Crippen LogP contribution in [-0.2, 0) is 28.5 Å². The number of methoxy groups -OCH3 is 1. The molecule has 2 aromatic carbocycles. The van der Waals surface area contributed by atoms with Crippen LogP contribution >= 0.6 is 23.2 Å². The molecule has 0 spiro atoms. The number of nitrogens with one attached hydrogen (secondary N) is 2. The van der Waals surface area contributed by atoms with E-state index in [1.807, 2.05) is 4.90 Å². The van der Waals surface area contributed by atoms with Crippen molar-refractivity contribution in [2.24, 2.45) is 0 Å². The van der Waals surface area contributed by atoms with Crippen molar-refractivity contribution in [2.75, 3.05) is 69.7 Å². The molecule has 2 aliphatic heterocycles. The molecule has 3 amide bonds. The van der Waals surface area contributed by atoms with Crippen LogP contribution in [0.4, 0.5) is 29.3 Å². The summed E-state index contributed by atoms with van der Waals surface area (Å²) < 4.78 is 46.5. The zero-order valence-corrected chi connectivity index (χ0v) is 24.5. The Kier molecular flexibility index (Phi) is 10.1. The molecule has 2 fully saturated rings. The number of carbonyl (C=O) groups excluding carboxylic acids is 2. The maximum atomic E-state index is 13.8. The number of ether oxygens (including phenoxy) is 1. The molecule has 224 valence electrons. The Hall–Kier alpha value is -2.89. The fraction of sp³-hybridized carbons (Fsp3) is 0.500. The van der Waals surface area contributed by atoms with Crippen molar-refractivity contribution in [1.29, 1.82) is 0 Å². The maximum absolute atomic E-state index is 13.8. The highest BCUT2D eigenvalue weighted by molar-refractivity contribution is 6.35. The summed E-state index contributed by atoms with van der Waals surface area (Å²) in [5.41, 5.74) is 1.33. The Balaban J connectivity index is 1.54. The Morgan fingerprint density at radius 3 is 2.44 bits per heavy atom. The molecular formula is C28H34Cl2F3N5O3. The molecule has 41 heavy (non-hydrogen) atoms. The average molecular weight is 617 g/mol. The van der Waals surface area contributed by atoms with Crippen LogP contribution in [0.15, 0.2) is 30.3 Å². The van der Waals surface area contributed by atoms with Gasteiger partial charge in [-0.1, -0.05) is 36.2 Å². The Bertz CT molecular complexity index is 1260. The van der Waals surface area contributed by atoms with Crippen molar-refractivity contribution < 1.29 is 27.5 Å². The number of anilines is 2. The summed E-state index contributed by atoms with van der Waals surface area (Å²) in [6, 6.07) is 6.61. The number of carbonyl (C=O) groups is 2. The molecule has 0 aromatic heterocycles.